The largest absolute Gasteiger partial charge is 0.416 e. The lowest BCUT2D eigenvalue weighted by Gasteiger charge is -2.34. The maximum Gasteiger partial charge on any atom is 0.416 e. The molecular weight excluding hydrogens is 422 g/mol. The summed E-state index contributed by atoms with van der Waals surface area (Å²) in [7, 11) is 1.40. The number of amides is 1. The quantitative estimate of drug-likeness (QED) is 0.668. The zero-order chi connectivity index (χ0) is 22.8. The molecule has 1 aliphatic rings. The molecule has 31 heavy (non-hydrogen) atoms. The minimum atomic E-state index is -4.92. The Labute approximate surface area is 176 Å². The van der Waals surface area contributed by atoms with Gasteiger partial charge in [-0.2, -0.15) is 26.3 Å². The second kappa shape index (κ2) is 8.90. The highest BCUT2D eigenvalue weighted by Crippen LogP contribution is 2.37. The minimum absolute atomic E-state index is 0.0869. The van der Waals surface area contributed by atoms with E-state index in [1.54, 1.807) is 0 Å². The second-order valence-electron chi connectivity index (χ2n) is 7.72. The van der Waals surface area contributed by atoms with Gasteiger partial charge in [0.25, 0.3) is 0 Å². The molecule has 2 aromatic carbocycles. The van der Waals surface area contributed by atoms with Gasteiger partial charge < -0.3 is 10.2 Å². The summed E-state index contributed by atoms with van der Waals surface area (Å²) in [6.07, 6.45) is -9.32. The van der Waals surface area contributed by atoms with Crippen molar-refractivity contribution in [3.63, 3.8) is 0 Å². The van der Waals surface area contributed by atoms with Crippen LogP contribution in [0, 0.1) is 5.92 Å². The van der Waals surface area contributed by atoms with Gasteiger partial charge in [0, 0.05) is 32.0 Å². The molecular formula is C22H22F6N2O. The van der Waals surface area contributed by atoms with E-state index in [1.165, 1.54) is 11.9 Å². The molecule has 1 N–H and O–H groups in total. The molecule has 1 aliphatic heterocycles. The van der Waals surface area contributed by atoms with Gasteiger partial charge in [-0.25, -0.2) is 0 Å². The fourth-order valence-corrected chi connectivity index (χ4v) is 3.95. The van der Waals surface area contributed by atoms with Gasteiger partial charge in [-0.15, -0.1) is 0 Å². The predicted molar refractivity (Wildman–Crippen MR) is 103 cm³/mol. The Hall–Kier alpha value is -2.55. The molecule has 0 aliphatic carbocycles. The Morgan fingerprint density at radius 2 is 1.58 bits per heavy atom. The summed E-state index contributed by atoms with van der Waals surface area (Å²) in [5, 5.41) is 3.23. The van der Waals surface area contributed by atoms with E-state index in [0.717, 1.165) is 5.56 Å². The van der Waals surface area contributed by atoms with Gasteiger partial charge in [0.05, 0.1) is 11.1 Å². The lowest BCUT2D eigenvalue weighted by atomic mass is 9.80. The van der Waals surface area contributed by atoms with Crippen LogP contribution < -0.4 is 5.32 Å². The standard InChI is InChI=1S/C22H22F6N2O/c1-30(13-14-9-16(21(23,24)25)11-17(10-14)22(26,27)28)20(31)18-7-8-29-12-19(18)15-5-3-2-4-6-15/h2-6,9-11,18-19,29H,7-8,12-13H2,1H3/t18-,19+/m1/s1. The molecule has 0 spiro atoms. The van der Waals surface area contributed by atoms with Crippen molar-refractivity contribution in [1.82, 2.24) is 10.2 Å². The van der Waals surface area contributed by atoms with Gasteiger partial charge in [-0.05, 0) is 42.3 Å². The summed E-state index contributed by atoms with van der Waals surface area (Å²) in [5.74, 6) is -0.847. The fraction of sp³-hybridized carbons (Fsp3) is 0.409. The highest BCUT2D eigenvalue weighted by molar-refractivity contribution is 5.80. The first-order valence-electron chi connectivity index (χ1n) is 9.76. The summed E-state index contributed by atoms with van der Waals surface area (Å²) in [4.78, 5) is 14.3. The third kappa shape index (κ3) is 5.58. The molecule has 0 unspecified atom stereocenters. The Balaban J connectivity index is 1.84. The summed E-state index contributed by atoms with van der Waals surface area (Å²) in [5.41, 5.74) is -2.03. The first-order valence-corrected chi connectivity index (χ1v) is 9.76. The lowest BCUT2D eigenvalue weighted by Crippen LogP contribution is -2.43. The summed E-state index contributed by atoms with van der Waals surface area (Å²) >= 11 is 0. The Morgan fingerprint density at radius 1 is 1.00 bits per heavy atom. The van der Waals surface area contributed by atoms with Crippen LogP contribution in [0.3, 0.4) is 0 Å². The number of hydrogen-bond donors (Lipinski definition) is 1. The Kier molecular flexibility index (Phi) is 6.64. The molecule has 9 heteroatoms. The molecule has 168 valence electrons. The average Bonchev–Trinajstić information content (AvgIpc) is 2.72. The van der Waals surface area contributed by atoms with E-state index in [1.807, 2.05) is 30.3 Å². The molecule has 0 radical (unpaired) electrons. The fourth-order valence-electron chi connectivity index (χ4n) is 3.95. The number of rotatable bonds is 4. The number of nitrogens with one attached hydrogen (secondary N) is 1. The van der Waals surface area contributed by atoms with Crippen LogP contribution in [0.4, 0.5) is 26.3 Å². The number of alkyl halides is 6. The van der Waals surface area contributed by atoms with Crippen molar-refractivity contribution in [1.29, 1.82) is 0 Å². The Morgan fingerprint density at radius 3 is 2.13 bits per heavy atom. The van der Waals surface area contributed by atoms with Crippen molar-refractivity contribution < 1.29 is 31.1 Å². The van der Waals surface area contributed by atoms with Crippen molar-refractivity contribution in [2.45, 2.75) is 31.2 Å². The summed E-state index contributed by atoms with van der Waals surface area (Å²) < 4.78 is 78.6. The van der Waals surface area contributed by atoms with E-state index >= 15 is 0 Å². The molecule has 1 fully saturated rings. The number of piperidine rings is 1. The number of nitrogens with zero attached hydrogens (tertiary/aromatic N) is 1. The van der Waals surface area contributed by atoms with Crippen molar-refractivity contribution in [2.75, 3.05) is 20.1 Å². The molecule has 0 bridgehead atoms. The van der Waals surface area contributed by atoms with Gasteiger partial charge in [0.1, 0.15) is 0 Å². The van der Waals surface area contributed by atoms with Crippen LogP contribution in [-0.2, 0) is 23.7 Å². The highest BCUT2D eigenvalue weighted by atomic mass is 19.4. The molecule has 3 nitrogen and oxygen atoms in total. The van der Waals surface area contributed by atoms with Crippen LogP contribution in [0.15, 0.2) is 48.5 Å². The Bertz CT molecular complexity index is 878. The molecule has 0 aromatic heterocycles. The molecule has 2 atom stereocenters. The maximum atomic E-state index is 13.1. The van der Waals surface area contributed by atoms with Crippen LogP contribution in [0.5, 0.6) is 0 Å². The number of carbonyl (C=O) groups excluding carboxylic acids is 1. The van der Waals surface area contributed by atoms with E-state index < -0.39 is 29.4 Å². The summed E-state index contributed by atoms with van der Waals surface area (Å²) in [6, 6.07) is 10.8. The molecule has 3 rings (SSSR count). The molecule has 1 heterocycles. The van der Waals surface area contributed by atoms with Crippen LogP contribution in [0.25, 0.3) is 0 Å². The number of carbonyl (C=O) groups is 1. The van der Waals surface area contributed by atoms with Crippen LogP contribution in [0.1, 0.15) is 34.6 Å². The number of benzene rings is 2. The van der Waals surface area contributed by atoms with Gasteiger partial charge in [-0.3, -0.25) is 4.79 Å². The topological polar surface area (TPSA) is 32.3 Å². The normalized spacial score (nSPS) is 19.8. The first-order chi connectivity index (χ1) is 14.5. The first kappa shape index (κ1) is 23.1. The van der Waals surface area contributed by atoms with Gasteiger partial charge in [0.15, 0.2) is 0 Å². The molecule has 1 saturated heterocycles. The van der Waals surface area contributed by atoms with Crippen LogP contribution >= 0.6 is 0 Å². The van der Waals surface area contributed by atoms with E-state index in [2.05, 4.69) is 5.32 Å². The van der Waals surface area contributed by atoms with Gasteiger partial charge >= 0.3 is 12.4 Å². The number of halogens is 6. The highest BCUT2D eigenvalue weighted by Gasteiger charge is 2.38. The van der Waals surface area contributed by atoms with Crippen LogP contribution in [0.2, 0.25) is 0 Å². The average molecular weight is 444 g/mol. The van der Waals surface area contributed by atoms with Gasteiger partial charge in [0.2, 0.25) is 5.91 Å². The smallest absolute Gasteiger partial charge is 0.341 e. The third-order valence-corrected chi connectivity index (χ3v) is 5.47. The minimum Gasteiger partial charge on any atom is -0.341 e. The molecule has 2 aromatic rings. The zero-order valence-corrected chi connectivity index (χ0v) is 16.7. The maximum absolute atomic E-state index is 13.1. The number of hydrogen-bond acceptors (Lipinski definition) is 2. The second-order valence-corrected chi connectivity index (χ2v) is 7.72. The van der Waals surface area contributed by atoms with Crippen molar-refractivity contribution in [2.24, 2.45) is 5.92 Å². The summed E-state index contributed by atoms with van der Waals surface area (Å²) in [6.45, 7) is 0.822. The lowest BCUT2D eigenvalue weighted by molar-refractivity contribution is -0.143. The zero-order valence-electron chi connectivity index (χ0n) is 16.7. The van der Waals surface area contributed by atoms with Crippen molar-refractivity contribution in [3.8, 4) is 0 Å². The SMILES string of the molecule is CN(Cc1cc(C(F)(F)F)cc(C(F)(F)F)c1)C(=O)[C@@H]1CCNC[C@H]1c1ccccc1. The molecule has 0 saturated carbocycles. The van der Waals surface area contributed by atoms with Gasteiger partial charge in [-0.1, -0.05) is 30.3 Å². The van der Waals surface area contributed by atoms with E-state index in [9.17, 15) is 31.1 Å². The van der Waals surface area contributed by atoms with Crippen LogP contribution in [-0.4, -0.2) is 30.9 Å². The van der Waals surface area contributed by atoms with E-state index in [0.29, 0.717) is 31.6 Å². The third-order valence-electron chi connectivity index (χ3n) is 5.47. The van der Waals surface area contributed by atoms with E-state index in [4.69, 9.17) is 0 Å². The predicted octanol–water partition coefficient (Wildman–Crippen LogP) is 5.08. The molecule has 1 amide bonds. The monoisotopic (exact) mass is 444 g/mol. The van der Waals surface area contributed by atoms with E-state index in [-0.39, 0.29) is 30.0 Å². The van der Waals surface area contributed by atoms with Crippen molar-refractivity contribution in [3.05, 3.63) is 70.8 Å². The van der Waals surface area contributed by atoms with Crippen molar-refractivity contribution >= 4 is 5.91 Å².